The fourth-order valence-electron chi connectivity index (χ4n) is 0.699. The standard InChI is InChI=1S/C6H4N2OS/c1-2-9-4-5(1)6-3-7-8-10-6/h1-4H. The fourth-order valence-corrected chi connectivity index (χ4v) is 1.20. The first-order valence-electron chi connectivity index (χ1n) is 2.77. The molecule has 0 radical (unpaired) electrons. The fraction of sp³-hybridized carbons (Fsp3) is 0. The number of hydrogen-bond donors (Lipinski definition) is 0. The first-order chi connectivity index (χ1) is 4.97. The number of furan rings is 1. The van der Waals surface area contributed by atoms with Crippen LogP contribution in [0.3, 0.4) is 0 Å². The van der Waals surface area contributed by atoms with E-state index in [1.165, 1.54) is 11.5 Å². The second-order valence-corrected chi connectivity index (χ2v) is 2.58. The third kappa shape index (κ3) is 0.823. The number of nitrogens with zero attached hydrogens (tertiary/aromatic N) is 2. The lowest BCUT2D eigenvalue weighted by molar-refractivity contribution is 0.568. The maximum atomic E-state index is 4.89. The SMILES string of the molecule is c1cc(-c2cnns2)co1. The normalized spacial score (nSPS) is 10.0. The molecule has 0 aliphatic carbocycles. The predicted octanol–water partition coefficient (Wildman–Crippen LogP) is 1.80. The molecule has 3 nitrogen and oxygen atoms in total. The van der Waals surface area contributed by atoms with Crippen LogP contribution in [0.5, 0.6) is 0 Å². The summed E-state index contributed by atoms with van der Waals surface area (Å²) in [5, 5.41) is 3.70. The molecule has 4 heteroatoms. The summed E-state index contributed by atoms with van der Waals surface area (Å²) in [7, 11) is 0. The van der Waals surface area contributed by atoms with Crippen LogP contribution < -0.4 is 0 Å². The molecule has 0 N–H and O–H groups in total. The van der Waals surface area contributed by atoms with Crippen LogP contribution in [0.1, 0.15) is 0 Å². The Labute approximate surface area is 61.5 Å². The Morgan fingerprint density at radius 2 is 2.50 bits per heavy atom. The lowest BCUT2D eigenvalue weighted by Gasteiger charge is -1.80. The van der Waals surface area contributed by atoms with Crippen LogP contribution in [0.25, 0.3) is 10.4 Å². The molecule has 50 valence electrons. The number of aromatic nitrogens is 2. The summed E-state index contributed by atoms with van der Waals surface area (Å²) in [5.41, 5.74) is 1.04. The van der Waals surface area contributed by atoms with Crippen molar-refractivity contribution >= 4 is 11.5 Å². The highest BCUT2D eigenvalue weighted by atomic mass is 32.1. The summed E-state index contributed by atoms with van der Waals surface area (Å²) < 4.78 is 8.62. The highest BCUT2D eigenvalue weighted by molar-refractivity contribution is 7.09. The second-order valence-electron chi connectivity index (χ2n) is 1.79. The molecule has 0 aliphatic heterocycles. The van der Waals surface area contributed by atoms with E-state index in [9.17, 15) is 0 Å². The lowest BCUT2D eigenvalue weighted by atomic mass is 10.3. The van der Waals surface area contributed by atoms with Crippen molar-refractivity contribution in [3.8, 4) is 10.4 Å². The zero-order valence-electron chi connectivity index (χ0n) is 5.02. The van der Waals surface area contributed by atoms with Crippen LogP contribution in [0, 0.1) is 0 Å². The lowest BCUT2D eigenvalue weighted by Crippen LogP contribution is -1.60. The van der Waals surface area contributed by atoms with E-state index in [4.69, 9.17) is 4.42 Å². The van der Waals surface area contributed by atoms with E-state index in [0.717, 1.165) is 10.4 Å². The van der Waals surface area contributed by atoms with Crippen LogP contribution in [0.2, 0.25) is 0 Å². The molecule has 0 unspecified atom stereocenters. The smallest absolute Gasteiger partial charge is 0.0990 e. The molecule has 0 amide bonds. The maximum Gasteiger partial charge on any atom is 0.0990 e. The topological polar surface area (TPSA) is 38.9 Å². The molecule has 0 atom stereocenters. The molecule has 0 saturated carbocycles. The molecular weight excluding hydrogens is 148 g/mol. The summed E-state index contributed by atoms with van der Waals surface area (Å²) >= 11 is 1.36. The maximum absolute atomic E-state index is 4.89. The van der Waals surface area contributed by atoms with Gasteiger partial charge < -0.3 is 4.42 Å². The average molecular weight is 152 g/mol. The third-order valence-corrected chi connectivity index (χ3v) is 1.88. The Morgan fingerprint density at radius 3 is 3.10 bits per heavy atom. The Balaban J connectivity index is 2.48. The molecule has 10 heavy (non-hydrogen) atoms. The van der Waals surface area contributed by atoms with Gasteiger partial charge in [0, 0.05) is 5.56 Å². The van der Waals surface area contributed by atoms with Crippen LogP contribution in [-0.4, -0.2) is 9.59 Å². The van der Waals surface area contributed by atoms with Gasteiger partial charge in [0.05, 0.1) is 23.6 Å². The number of hydrogen-bond acceptors (Lipinski definition) is 4. The molecule has 0 aromatic carbocycles. The van der Waals surface area contributed by atoms with Crippen molar-refractivity contribution in [3.05, 3.63) is 24.8 Å². The zero-order valence-corrected chi connectivity index (χ0v) is 5.84. The van der Waals surface area contributed by atoms with Gasteiger partial charge in [-0.05, 0) is 17.6 Å². The van der Waals surface area contributed by atoms with Crippen LogP contribution in [0.15, 0.2) is 29.2 Å². The van der Waals surface area contributed by atoms with Crippen molar-refractivity contribution in [1.29, 1.82) is 0 Å². The van der Waals surface area contributed by atoms with Gasteiger partial charge in [0.1, 0.15) is 0 Å². The zero-order chi connectivity index (χ0) is 6.81. The first-order valence-corrected chi connectivity index (χ1v) is 3.54. The summed E-state index contributed by atoms with van der Waals surface area (Å²) in [6, 6.07) is 1.88. The van der Waals surface area contributed by atoms with Gasteiger partial charge in [0.2, 0.25) is 0 Å². The molecule has 2 heterocycles. The van der Waals surface area contributed by atoms with Gasteiger partial charge in [0.25, 0.3) is 0 Å². The van der Waals surface area contributed by atoms with Gasteiger partial charge in [-0.2, -0.15) is 0 Å². The molecule has 0 aliphatic rings. The predicted molar refractivity (Wildman–Crippen MR) is 37.6 cm³/mol. The minimum absolute atomic E-state index is 1.04. The Hall–Kier alpha value is -1.16. The molecule has 0 fully saturated rings. The first kappa shape index (κ1) is 5.61. The van der Waals surface area contributed by atoms with E-state index in [1.54, 1.807) is 18.7 Å². The Morgan fingerprint density at radius 1 is 1.50 bits per heavy atom. The van der Waals surface area contributed by atoms with E-state index >= 15 is 0 Å². The monoisotopic (exact) mass is 152 g/mol. The largest absolute Gasteiger partial charge is 0.472 e. The van der Waals surface area contributed by atoms with E-state index in [2.05, 4.69) is 9.59 Å². The highest BCUT2D eigenvalue weighted by Crippen LogP contribution is 2.20. The van der Waals surface area contributed by atoms with E-state index < -0.39 is 0 Å². The van der Waals surface area contributed by atoms with Gasteiger partial charge in [-0.15, -0.1) is 5.10 Å². The minimum atomic E-state index is 1.04. The van der Waals surface area contributed by atoms with Crippen molar-refractivity contribution in [2.45, 2.75) is 0 Å². The van der Waals surface area contributed by atoms with Gasteiger partial charge in [-0.1, -0.05) is 4.49 Å². The Kier molecular flexibility index (Phi) is 1.25. The van der Waals surface area contributed by atoms with Gasteiger partial charge >= 0.3 is 0 Å². The van der Waals surface area contributed by atoms with Gasteiger partial charge in [-0.25, -0.2) is 0 Å². The molecule has 0 saturated heterocycles. The molecule has 0 spiro atoms. The minimum Gasteiger partial charge on any atom is -0.472 e. The van der Waals surface area contributed by atoms with E-state index in [0.29, 0.717) is 0 Å². The van der Waals surface area contributed by atoms with Crippen molar-refractivity contribution in [3.63, 3.8) is 0 Å². The summed E-state index contributed by atoms with van der Waals surface area (Å²) in [6.45, 7) is 0. The van der Waals surface area contributed by atoms with Crippen molar-refractivity contribution in [2.75, 3.05) is 0 Å². The van der Waals surface area contributed by atoms with E-state index in [-0.39, 0.29) is 0 Å². The average Bonchev–Trinajstić information content (AvgIpc) is 2.59. The Bertz CT molecular complexity index is 255. The van der Waals surface area contributed by atoms with E-state index in [1.807, 2.05) is 6.07 Å². The van der Waals surface area contributed by atoms with Crippen molar-refractivity contribution < 1.29 is 4.42 Å². The number of rotatable bonds is 1. The highest BCUT2D eigenvalue weighted by Gasteiger charge is 1.99. The molecular formula is C6H4N2OS. The van der Waals surface area contributed by atoms with Gasteiger partial charge in [-0.3, -0.25) is 0 Å². The molecule has 2 rings (SSSR count). The summed E-state index contributed by atoms with van der Waals surface area (Å²) in [5.74, 6) is 0. The van der Waals surface area contributed by atoms with Crippen molar-refractivity contribution in [1.82, 2.24) is 9.59 Å². The molecule has 0 bridgehead atoms. The molecule has 2 aromatic rings. The van der Waals surface area contributed by atoms with Crippen LogP contribution >= 0.6 is 11.5 Å². The van der Waals surface area contributed by atoms with Crippen LogP contribution in [-0.2, 0) is 0 Å². The quantitative estimate of drug-likeness (QED) is 0.625. The van der Waals surface area contributed by atoms with Crippen molar-refractivity contribution in [2.24, 2.45) is 0 Å². The van der Waals surface area contributed by atoms with Crippen LogP contribution in [0.4, 0.5) is 0 Å². The second kappa shape index (κ2) is 2.22. The summed E-state index contributed by atoms with van der Waals surface area (Å²) in [4.78, 5) is 1.04. The third-order valence-electron chi connectivity index (χ3n) is 1.17. The van der Waals surface area contributed by atoms with Gasteiger partial charge in [0.15, 0.2) is 0 Å². The summed E-state index contributed by atoms with van der Waals surface area (Å²) in [6.07, 6.45) is 5.03. The molecule has 2 aromatic heterocycles.